The van der Waals surface area contributed by atoms with Crippen LogP contribution in [0.3, 0.4) is 0 Å². The Bertz CT molecular complexity index is 1050. The number of aryl methyl sites for hydroxylation is 1. The van der Waals surface area contributed by atoms with E-state index in [9.17, 15) is 9.59 Å². The zero-order chi connectivity index (χ0) is 23.8. The number of nitrogens with zero attached hydrogens (tertiary/aromatic N) is 3. The van der Waals surface area contributed by atoms with E-state index < -0.39 is 5.60 Å². The van der Waals surface area contributed by atoms with Gasteiger partial charge in [0.05, 0.1) is 11.3 Å². The van der Waals surface area contributed by atoms with Crippen LogP contribution in [0, 0.1) is 12.8 Å². The van der Waals surface area contributed by atoms with E-state index in [0.717, 1.165) is 55.1 Å². The average Bonchev–Trinajstić information content (AvgIpc) is 3.16. The Hall–Kier alpha value is -3.09. The molecule has 1 aromatic heterocycles. The molecule has 0 atom stereocenters. The molecule has 33 heavy (non-hydrogen) atoms. The van der Waals surface area contributed by atoms with Gasteiger partial charge >= 0.3 is 6.09 Å². The molecule has 2 aliphatic heterocycles. The first-order valence-electron chi connectivity index (χ1n) is 11.8. The molecule has 0 bridgehead atoms. The molecule has 1 fully saturated rings. The van der Waals surface area contributed by atoms with Gasteiger partial charge in [0.1, 0.15) is 11.4 Å². The fourth-order valence-corrected chi connectivity index (χ4v) is 4.37. The average molecular weight is 451 g/mol. The highest BCUT2D eigenvalue weighted by atomic mass is 16.6. The molecule has 3 heterocycles. The molecule has 0 aliphatic carbocycles. The van der Waals surface area contributed by atoms with Gasteiger partial charge in [-0.05, 0) is 88.8 Å². The summed E-state index contributed by atoms with van der Waals surface area (Å²) < 4.78 is 5.52. The Morgan fingerprint density at radius 2 is 1.82 bits per heavy atom. The van der Waals surface area contributed by atoms with Crippen LogP contribution in [0.2, 0.25) is 0 Å². The summed E-state index contributed by atoms with van der Waals surface area (Å²) in [5.74, 6) is 1.30. The normalized spacial score (nSPS) is 16.5. The first kappa shape index (κ1) is 23.1. The lowest BCUT2D eigenvalue weighted by Gasteiger charge is -2.32. The van der Waals surface area contributed by atoms with Crippen molar-refractivity contribution in [3.63, 3.8) is 0 Å². The Morgan fingerprint density at radius 1 is 1.09 bits per heavy atom. The van der Waals surface area contributed by atoms with E-state index in [1.54, 1.807) is 4.90 Å². The van der Waals surface area contributed by atoms with Crippen LogP contribution in [-0.4, -0.2) is 42.2 Å². The topological polar surface area (TPSA) is 74.8 Å². The molecule has 0 radical (unpaired) electrons. The summed E-state index contributed by atoms with van der Waals surface area (Å²) in [7, 11) is 0. The molecule has 2 amide bonds. The summed E-state index contributed by atoms with van der Waals surface area (Å²) in [6.45, 7) is 12.2. The van der Waals surface area contributed by atoms with E-state index >= 15 is 0 Å². The minimum Gasteiger partial charge on any atom is -0.443 e. The maximum Gasteiger partial charge on any atom is 0.414 e. The Morgan fingerprint density at radius 3 is 2.52 bits per heavy atom. The standard InChI is InChI=1S/C26H34N4O3/c1-17-10-13-29(14-11-17)23-21(8-6-18(2)27-23)24(31)28-20-7-9-22-19(16-20)12-15-30(22)25(32)33-26(3,4)5/h6-9,16-17H,10-15H2,1-5H3,(H,28,31). The first-order valence-corrected chi connectivity index (χ1v) is 11.8. The third kappa shape index (κ3) is 5.29. The number of carbonyl (C=O) groups excluding carboxylic acids is 2. The highest BCUT2D eigenvalue weighted by Gasteiger charge is 2.29. The van der Waals surface area contributed by atoms with Crippen molar-refractivity contribution < 1.29 is 14.3 Å². The number of anilines is 3. The summed E-state index contributed by atoms with van der Waals surface area (Å²) in [4.78, 5) is 34.3. The SMILES string of the molecule is Cc1ccc(C(=O)Nc2ccc3c(c2)CCN3C(=O)OC(C)(C)C)c(N2CCC(C)CC2)n1. The maximum atomic E-state index is 13.2. The van der Waals surface area contributed by atoms with Crippen molar-refractivity contribution in [3.05, 3.63) is 47.2 Å². The Labute approximate surface area is 196 Å². The molecule has 0 spiro atoms. The Kier molecular flexibility index (Phi) is 6.32. The number of hydrogen-bond acceptors (Lipinski definition) is 5. The van der Waals surface area contributed by atoms with Crippen LogP contribution in [0.25, 0.3) is 0 Å². The van der Waals surface area contributed by atoms with Crippen molar-refractivity contribution in [2.45, 2.75) is 59.5 Å². The van der Waals surface area contributed by atoms with E-state index in [0.29, 0.717) is 23.7 Å². The zero-order valence-corrected chi connectivity index (χ0v) is 20.3. The van der Waals surface area contributed by atoms with Gasteiger partial charge in [-0.2, -0.15) is 0 Å². The first-order chi connectivity index (χ1) is 15.6. The van der Waals surface area contributed by atoms with E-state index in [2.05, 4.69) is 17.1 Å². The lowest BCUT2D eigenvalue weighted by Crippen LogP contribution is -2.35. The van der Waals surface area contributed by atoms with E-state index in [-0.39, 0.29) is 12.0 Å². The molecule has 4 rings (SSSR count). The molecule has 1 aromatic carbocycles. The molecule has 0 saturated carbocycles. The number of piperidine rings is 1. The molecular formula is C26H34N4O3. The maximum absolute atomic E-state index is 13.2. The van der Waals surface area contributed by atoms with Gasteiger partial charge in [0.25, 0.3) is 5.91 Å². The van der Waals surface area contributed by atoms with Gasteiger partial charge in [-0.25, -0.2) is 9.78 Å². The molecular weight excluding hydrogens is 416 g/mol. The summed E-state index contributed by atoms with van der Waals surface area (Å²) in [6, 6.07) is 9.40. The molecule has 176 valence electrons. The summed E-state index contributed by atoms with van der Waals surface area (Å²) >= 11 is 0. The van der Waals surface area contributed by atoms with E-state index in [1.165, 1.54) is 0 Å². The van der Waals surface area contributed by atoms with Gasteiger partial charge in [-0.15, -0.1) is 0 Å². The van der Waals surface area contributed by atoms with Gasteiger partial charge in [-0.1, -0.05) is 6.92 Å². The van der Waals surface area contributed by atoms with Crippen molar-refractivity contribution in [2.24, 2.45) is 5.92 Å². The zero-order valence-electron chi connectivity index (χ0n) is 20.3. The number of nitrogens with one attached hydrogen (secondary N) is 1. The number of fused-ring (bicyclic) bond motifs is 1. The van der Waals surface area contributed by atoms with Crippen LogP contribution >= 0.6 is 0 Å². The fourth-order valence-electron chi connectivity index (χ4n) is 4.37. The second-order valence-electron chi connectivity index (χ2n) is 10.2. The van der Waals surface area contributed by atoms with Crippen LogP contribution in [-0.2, 0) is 11.2 Å². The van der Waals surface area contributed by atoms with Crippen molar-refractivity contribution >= 4 is 29.2 Å². The minimum atomic E-state index is -0.542. The number of benzene rings is 1. The number of pyridine rings is 1. The van der Waals surface area contributed by atoms with Crippen LogP contribution in [0.15, 0.2) is 30.3 Å². The molecule has 1 saturated heterocycles. The largest absolute Gasteiger partial charge is 0.443 e. The number of rotatable bonds is 3. The minimum absolute atomic E-state index is 0.168. The monoisotopic (exact) mass is 450 g/mol. The third-order valence-corrected chi connectivity index (χ3v) is 6.19. The molecule has 7 nitrogen and oxygen atoms in total. The molecule has 7 heteroatoms. The number of carbonyl (C=O) groups is 2. The van der Waals surface area contributed by atoms with Crippen LogP contribution in [0.4, 0.5) is 22.0 Å². The second-order valence-corrected chi connectivity index (χ2v) is 10.2. The van der Waals surface area contributed by atoms with Crippen LogP contribution < -0.4 is 15.1 Å². The van der Waals surface area contributed by atoms with Crippen molar-refractivity contribution in [1.82, 2.24) is 4.98 Å². The molecule has 1 N–H and O–H groups in total. The number of hydrogen-bond donors (Lipinski definition) is 1. The second kappa shape index (κ2) is 9.04. The predicted octanol–water partition coefficient (Wildman–Crippen LogP) is 5.18. The van der Waals surface area contributed by atoms with Gasteiger partial charge < -0.3 is 15.0 Å². The molecule has 2 aromatic rings. The van der Waals surface area contributed by atoms with Gasteiger partial charge in [0.2, 0.25) is 0 Å². The van der Waals surface area contributed by atoms with E-state index in [1.807, 2.05) is 58.0 Å². The highest BCUT2D eigenvalue weighted by Crippen LogP contribution is 2.32. The third-order valence-electron chi connectivity index (χ3n) is 6.19. The van der Waals surface area contributed by atoms with Crippen LogP contribution in [0.5, 0.6) is 0 Å². The van der Waals surface area contributed by atoms with Crippen molar-refractivity contribution in [2.75, 3.05) is 34.8 Å². The lowest BCUT2D eigenvalue weighted by molar-refractivity contribution is 0.0583. The van der Waals surface area contributed by atoms with Crippen molar-refractivity contribution in [1.29, 1.82) is 0 Å². The lowest BCUT2D eigenvalue weighted by atomic mass is 9.99. The number of aromatic nitrogens is 1. The van der Waals surface area contributed by atoms with Gasteiger partial charge in [0, 0.05) is 31.0 Å². The highest BCUT2D eigenvalue weighted by molar-refractivity contribution is 6.08. The Balaban J connectivity index is 1.51. The number of ether oxygens (including phenoxy) is 1. The smallest absolute Gasteiger partial charge is 0.414 e. The summed E-state index contributed by atoms with van der Waals surface area (Å²) in [6.07, 6.45) is 2.59. The quantitative estimate of drug-likeness (QED) is 0.698. The van der Waals surface area contributed by atoms with Crippen LogP contribution in [0.1, 0.15) is 62.2 Å². The number of amides is 2. The van der Waals surface area contributed by atoms with Gasteiger partial charge in [-0.3, -0.25) is 9.69 Å². The summed E-state index contributed by atoms with van der Waals surface area (Å²) in [5, 5.41) is 3.04. The van der Waals surface area contributed by atoms with E-state index in [4.69, 9.17) is 9.72 Å². The summed E-state index contributed by atoms with van der Waals surface area (Å²) in [5.41, 5.74) is 3.52. The molecule has 0 unspecified atom stereocenters. The van der Waals surface area contributed by atoms with Crippen molar-refractivity contribution in [3.8, 4) is 0 Å². The van der Waals surface area contributed by atoms with Gasteiger partial charge in [0.15, 0.2) is 0 Å². The fraction of sp³-hybridized carbons (Fsp3) is 0.500. The predicted molar refractivity (Wildman–Crippen MR) is 131 cm³/mol. The molecule has 2 aliphatic rings.